The molecule has 1 aliphatic heterocycles. The predicted octanol–water partition coefficient (Wildman–Crippen LogP) is 1.35. The van der Waals surface area contributed by atoms with Crippen LogP contribution >= 0.6 is 0 Å². The van der Waals surface area contributed by atoms with Gasteiger partial charge in [-0.1, -0.05) is 13.0 Å². The summed E-state index contributed by atoms with van der Waals surface area (Å²) in [7, 11) is -3.57. The van der Waals surface area contributed by atoms with Gasteiger partial charge >= 0.3 is 0 Å². The van der Waals surface area contributed by atoms with E-state index in [-0.39, 0.29) is 24.9 Å². The SMILES string of the molecule is CC1CNCCC1NC(=O)CCNS(=O)(=O)c1ccc2c(c1)CCCC2. The molecule has 1 aliphatic carbocycles. The van der Waals surface area contributed by atoms with Crippen LogP contribution in [0.15, 0.2) is 23.1 Å². The minimum atomic E-state index is -3.57. The fourth-order valence-electron chi connectivity index (χ4n) is 3.77. The summed E-state index contributed by atoms with van der Waals surface area (Å²) in [6, 6.07) is 5.55. The molecule has 1 saturated heterocycles. The molecule has 7 heteroatoms. The number of carbonyl (C=O) groups excluding carboxylic acids is 1. The number of amides is 1. The topological polar surface area (TPSA) is 87.3 Å². The van der Waals surface area contributed by atoms with Crippen LogP contribution in [0.5, 0.6) is 0 Å². The first-order valence-corrected chi connectivity index (χ1v) is 11.1. The van der Waals surface area contributed by atoms with Gasteiger partial charge in [0.2, 0.25) is 15.9 Å². The van der Waals surface area contributed by atoms with E-state index in [0.717, 1.165) is 44.3 Å². The van der Waals surface area contributed by atoms with Crippen molar-refractivity contribution in [1.82, 2.24) is 15.4 Å². The summed E-state index contributed by atoms with van der Waals surface area (Å²) in [5.41, 5.74) is 2.39. The van der Waals surface area contributed by atoms with Crippen molar-refractivity contribution in [2.24, 2.45) is 5.92 Å². The molecule has 0 bridgehead atoms. The molecule has 2 unspecified atom stereocenters. The van der Waals surface area contributed by atoms with Crippen molar-refractivity contribution >= 4 is 15.9 Å². The van der Waals surface area contributed by atoms with E-state index in [1.807, 2.05) is 6.07 Å². The van der Waals surface area contributed by atoms with E-state index >= 15 is 0 Å². The van der Waals surface area contributed by atoms with Gasteiger partial charge in [0.25, 0.3) is 0 Å². The van der Waals surface area contributed by atoms with Gasteiger partial charge in [-0.25, -0.2) is 13.1 Å². The van der Waals surface area contributed by atoms with Gasteiger partial charge in [-0.3, -0.25) is 4.79 Å². The first-order chi connectivity index (χ1) is 12.5. The third-order valence-electron chi connectivity index (χ3n) is 5.41. The molecule has 0 aromatic heterocycles. The largest absolute Gasteiger partial charge is 0.353 e. The summed E-state index contributed by atoms with van der Waals surface area (Å²) in [5, 5.41) is 6.32. The van der Waals surface area contributed by atoms with Gasteiger partial charge in [-0.05, 0) is 74.4 Å². The van der Waals surface area contributed by atoms with Gasteiger partial charge in [-0.15, -0.1) is 0 Å². The molecule has 2 aliphatic rings. The van der Waals surface area contributed by atoms with Crippen LogP contribution in [0.4, 0.5) is 0 Å². The van der Waals surface area contributed by atoms with Gasteiger partial charge in [0.05, 0.1) is 4.90 Å². The van der Waals surface area contributed by atoms with E-state index in [0.29, 0.717) is 10.8 Å². The van der Waals surface area contributed by atoms with E-state index in [2.05, 4.69) is 22.3 Å². The summed E-state index contributed by atoms with van der Waals surface area (Å²) in [5.74, 6) is 0.289. The van der Waals surface area contributed by atoms with Crippen molar-refractivity contribution in [3.05, 3.63) is 29.3 Å². The van der Waals surface area contributed by atoms with Crippen molar-refractivity contribution in [2.75, 3.05) is 19.6 Å². The van der Waals surface area contributed by atoms with Crippen LogP contribution in [0, 0.1) is 5.92 Å². The number of benzene rings is 1. The lowest BCUT2D eigenvalue weighted by Gasteiger charge is -2.30. The average molecular weight is 380 g/mol. The third-order valence-corrected chi connectivity index (χ3v) is 6.86. The summed E-state index contributed by atoms with van der Waals surface area (Å²) < 4.78 is 27.5. The molecule has 1 heterocycles. The lowest BCUT2D eigenvalue weighted by atomic mass is 9.92. The molecule has 1 aromatic carbocycles. The molecule has 2 atom stereocenters. The van der Waals surface area contributed by atoms with Gasteiger partial charge in [0.15, 0.2) is 0 Å². The second kappa shape index (κ2) is 8.50. The molecule has 144 valence electrons. The van der Waals surface area contributed by atoms with Crippen LogP contribution in [0.25, 0.3) is 0 Å². The molecular weight excluding hydrogens is 350 g/mol. The number of rotatable bonds is 6. The van der Waals surface area contributed by atoms with Gasteiger partial charge in [0, 0.05) is 19.0 Å². The van der Waals surface area contributed by atoms with E-state index in [1.165, 1.54) is 12.0 Å². The molecule has 1 amide bonds. The van der Waals surface area contributed by atoms with Gasteiger partial charge in [0.1, 0.15) is 0 Å². The lowest BCUT2D eigenvalue weighted by molar-refractivity contribution is -0.122. The highest BCUT2D eigenvalue weighted by molar-refractivity contribution is 7.89. The number of hydrogen-bond acceptors (Lipinski definition) is 4. The Labute approximate surface area is 156 Å². The molecule has 1 aromatic rings. The van der Waals surface area contributed by atoms with Gasteiger partial charge in [-0.2, -0.15) is 0 Å². The quantitative estimate of drug-likeness (QED) is 0.696. The smallest absolute Gasteiger partial charge is 0.240 e. The monoisotopic (exact) mass is 379 g/mol. The molecule has 0 saturated carbocycles. The van der Waals surface area contributed by atoms with Crippen molar-refractivity contribution < 1.29 is 13.2 Å². The molecule has 6 nitrogen and oxygen atoms in total. The lowest BCUT2D eigenvalue weighted by Crippen LogP contribution is -2.48. The fourth-order valence-corrected chi connectivity index (χ4v) is 4.85. The summed E-state index contributed by atoms with van der Waals surface area (Å²) in [4.78, 5) is 12.4. The molecule has 3 N–H and O–H groups in total. The zero-order valence-electron chi connectivity index (χ0n) is 15.4. The molecule has 3 rings (SSSR count). The maximum Gasteiger partial charge on any atom is 0.240 e. The molecule has 0 radical (unpaired) electrons. The highest BCUT2D eigenvalue weighted by Crippen LogP contribution is 2.24. The zero-order valence-corrected chi connectivity index (χ0v) is 16.2. The third kappa shape index (κ3) is 4.84. The Morgan fingerprint density at radius 2 is 2.00 bits per heavy atom. The Morgan fingerprint density at radius 3 is 2.77 bits per heavy atom. The first kappa shape index (κ1) is 19.3. The highest BCUT2D eigenvalue weighted by Gasteiger charge is 2.23. The molecular formula is C19H29N3O3S. The fraction of sp³-hybridized carbons (Fsp3) is 0.632. The number of piperidine rings is 1. The van der Waals surface area contributed by atoms with Crippen LogP contribution in [-0.2, 0) is 27.7 Å². The number of fused-ring (bicyclic) bond motifs is 1. The van der Waals surface area contributed by atoms with Crippen molar-refractivity contribution in [2.45, 2.75) is 56.4 Å². The van der Waals surface area contributed by atoms with E-state index < -0.39 is 10.0 Å². The van der Waals surface area contributed by atoms with Crippen molar-refractivity contribution in [3.8, 4) is 0 Å². The van der Waals surface area contributed by atoms with Crippen LogP contribution < -0.4 is 15.4 Å². The van der Waals surface area contributed by atoms with Crippen LogP contribution in [-0.4, -0.2) is 40.0 Å². The first-order valence-electron chi connectivity index (χ1n) is 9.57. The number of hydrogen-bond donors (Lipinski definition) is 3. The summed E-state index contributed by atoms with van der Waals surface area (Å²) in [6.07, 6.45) is 5.31. The Balaban J connectivity index is 1.51. The number of carbonyl (C=O) groups is 1. The number of sulfonamides is 1. The standard InChI is InChI=1S/C19H29N3O3S/c1-14-13-20-10-8-18(14)22-19(23)9-11-21-26(24,25)17-7-6-15-4-2-3-5-16(15)12-17/h6-7,12,14,18,20-21H,2-5,8-11,13H2,1H3,(H,22,23). The molecule has 26 heavy (non-hydrogen) atoms. The minimum Gasteiger partial charge on any atom is -0.353 e. The Morgan fingerprint density at radius 1 is 1.23 bits per heavy atom. The Kier molecular flexibility index (Phi) is 6.32. The summed E-state index contributed by atoms with van der Waals surface area (Å²) >= 11 is 0. The maximum atomic E-state index is 12.5. The predicted molar refractivity (Wildman–Crippen MR) is 101 cm³/mol. The maximum absolute atomic E-state index is 12.5. The highest BCUT2D eigenvalue weighted by atomic mass is 32.2. The second-order valence-electron chi connectivity index (χ2n) is 7.43. The van der Waals surface area contributed by atoms with Crippen molar-refractivity contribution in [3.63, 3.8) is 0 Å². The normalized spacial score (nSPS) is 23.3. The van der Waals surface area contributed by atoms with Crippen LogP contribution in [0.3, 0.4) is 0 Å². The second-order valence-corrected chi connectivity index (χ2v) is 9.20. The number of aryl methyl sites for hydroxylation is 2. The molecule has 1 fully saturated rings. The van der Waals surface area contributed by atoms with Gasteiger partial charge < -0.3 is 10.6 Å². The Hall–Kier alpha value is -1.44. The van der Waals surface area contributed by atoms with Crippen molar-refractivity contribution in [1.29, 1.82) is 0 Å². The van der Waals surface area contributed by atoms with E-state index in [4.69, 9.17) is 0 Å². The Bertz CT molecular complexity index is 748. The summed E-state index contributed by atoms with van der Waals surface area (Å²) in [6.45, 7) is 4.02. The average Bonchev–Trinajstić information content (AvgIpc) is 2.63. The minimum absolute atomic E-state index is 0.100. The number of nitrogens with one attached hydrogen (secondary N) is 3. The van der Waals surface area contributed by atoms with Crippen LogP contribution in [0.2, 0.25) is 0 Å². The van der Waals surface area contributed by atoms with E-state index in [9.17, 15) is 13.2 Å². The molecule has 0 spiro atoms. The van der Waals surface area contributed by atoms with E-state index in [1.54, 1.807) is 12.1 Å². The zero-order chi connectivity index (χ0) is 18.6. The van der Waals surface area contributed by atoms with Crippen LogP contribution in [0.1, 0.15) is 43.7 Å².